The minimum atomic E-state index is -0.675. The highest BCUT2D eigenvalue weighted by atomic mass is 35.5. The number of hydrogen-bond donors (Lipinski definition) is 2. The topological polar surface area (TPSA) is 81.2 Å². The molecular weight excluding hydrogens is 290 g/mol. The van der Waals surface area contributed by atoms with Crippen LogP contribution in [0.3, 0.4) is 0 Å². The molecule has 1 amide bonds. The van der Waals surface area contributed by atoms with E-state index in [4.69, 9.17) is 10.3 Å². The largest absolute Gasteiger partial charge is 0.361 e. The van der Waals surface area contributed by atoms with Crippen molar-refractivity contribution in [2.24, 2.45) is 5.73 Å². The van der Waals surface area contributed by atoms with Gasteiger partial charge in [0.05, 0.1) is 11.2 Å². The van der Waals surface area contributed by atoms with E-state index in [9.17, 15) is 4.79 Å². The molecule has 0 spiro atoms. The van der Waals surface area contributed by atoms with Crippen molar-refractivity contribution >= 4 is 18.3 Å². The molecule has 0 saturated heterocycles. The summed E-state index contributed by atoms with van der Waals surface area (Å²) in [5.41, 5.74) is 7.53. The van der Waals surface area contributed by atoms with Gasteiger partial charge in [0.25, 0.3) is 0 Å². The van der Waals surface area contributed by atoms with E-state index in [1.165, 1.54) is 6.42 Å². The van der Waals surface area contributed by atoms with Crippen molar-refractivity contribution in [3.05, 3.63) is 17.0 Å². The smallest absolute Gasteiger partial charge is 0.240 e. The second-order valence-corrected chi connectivity index (χ2v) is 6.10. The molecule has 0 aliphatic heterocycles. The number of nitrogens with one attached hydrogen (secondary N) is 1. The summed E-state index contributed by atoms with van der Waals surface area (Å²) in [6.45, 7) is 5.82. The number of carbonyl (C=O) groups is 1. The maximum Gasteiger partial charge on any atom is 0.240 e. The molecule has 1 atom stereocenters. The zero-order valence-electron chi connectivity index (χ0n) is 13.1. The second-order valence-electron chi connectivity index (χ2n) is 6.10. The number of halogens is 1. The van der Waals surface area contributed by atoms with Gasteiger partial charge >= 0.3 is 0 Å². The number of nitrogens with zero attached hydrogens (tertiary/aromatic N) is 1. The molecule has 1 saturated carbocycles. The minimum absolute atomic E-state index is 0. The summed E-state index contributed by atoms with van der Waals surface area (Å²) in [7, 11) is 0. The molecule has 0 radical (unpaired) electrons. The quantitative estimate of drug-likeness (QED) is 0.894. The van der Waals surface area contributed by atoms with Gasteiger partial charge in [0, 0.05) is 11.6 Å². The lowest BCUT2D eigenvalue weighted by Crippen LogP contribution is -2.56. The van der Waals surface area contributed by atoms with Crippen LogP contribution in [-0.2, 0) is 11.2 Å². The fraction of sp³-hybridized carbons (Fsp3) is 0.733. The van der Waals surface area contributed by atoms with Gasteiger partial charge in [-0.2, -0.15) is 0 Å². The third-order valence-corrected chi connectivity index (χ3v) is 4.27. The Morgan fingerprint density at radius 2 is 2.00 bits per heavy atom. The van der Waals surface area contributed by atoms with Crippen molar-refractivity contribution in [3.8, 4) is 0 Å². The molecule has 1 aromatic heterocycles. The fourth-order valence-electron chi connectivity index (χ4n) is 2.93. The molecule has 0 bridgehead atoms. The Kier molecular flexibility index (Phi) is 6.23. The van der Waals surface area contributed by atoms with Crippen LogP contribution < -0.4 is 11.1 Å². The second kappa shape index (κ2) is 7.27. The summed E-state index contributed by atoms with van der Waals surface area (Å²) >= 11 is 0. The Morgan fingerprint density at radius 3 is 2.52 bits per heavy atom. The van der Waals surface area contributed by atoms with Crippen molar-refractivity contribution < 1.29 is 9.32 Å². The molecule has 120 valence electrons. The predicted molar refractivity (Wildman–Crippen MR) is 84.5 cm³/mol. The van der Waals surface area contributed by atoms with E-state index in [1.807, 2.05) is 20.8 Å². The van der Waals surface area contributed by atoms with Crippen molar-refractivity contribution in [3.63, 3.8) is 0 Å². The lowest BCUT2D eigenvalue weighted by molar-refractivity contribution is -0.128. The van der Waals surface area contributed by atoms with E-state index in [2.05, 4.69) is 10.5 Å². The van der Waals surface area contributed by atoms with Gasteiger partial charge in [-0.15, -0.1) is 12.4 Å². The first-order valence-electron chi connectivity index (χ1n) is 7.44. The molecule has 0 aromatic carbocycles. The summed E-state index contributed by atoms with van der Waals surface area (Å²) in [5, 5.41) is 6.99. The number of hydrogen-bond acceptors (Lipinski definition) is 4. The van der Waals surface area contributed by atoms with Gasteiger partial charge in [0.2, 0.25) is 5.91 Å². The van der Waals surface area contributed by atoms with Gasteiger partial charge in [0.1, 0.15) is 5.76 Å². The maximum absolute atomic E-state index is 12.4. The third-order valence-electron chi connectivity index (χ3n) is 4.27. The lowest BCUT2D eigenvalue weighted by Gasteiger charge is -2.33. The van der Waals surface area contributed by atoms with Crippen molar-refractivity contribution in [2.75, 3.05) is 0 Å². The Hall–Kier alpha value is -1.07. The zero-order valence-corrected chi connectivity index (χ0v) is 13.9. The molecule has 6 heteroatoms. The van der Waals surface area contributed by atoms with Crippen LogP contribution in [0, 0.1) is 13.8 Å². The van der Waals surface area contributed by atoms with Crippen molar-refractivity contribution in [1.82, 2.24) is 10.5 Å². The Bertz CT molecular complexity index is 462. The SMILES string of the molecule is Cc1noc(C)c1CC(C)NC(=O)C1(N)CCCCC1.Cl. The Labute approximate surface area is 132 Å². The van der Waals surface area contributed by atoms with Gasteiger partial charge in [-0.05, 0) is 40.0 Å². The van der Waals surface area contributed by atoms with E-state index in [1.54, 1.807) is 0 Å². The van der Waals surface area contributed by atoms with Gasteiger partial charge < -0.3 is 15.6 Å². The first-order valence-corrected chi connectivity index (χ1v) is 7.44. The van der Waals surface area contributed by atoms with Crippen LogP contribution in [0.2, 0.25) is 0 Å². The van der Waals surface area contributed by atoms with Crippen LogP contribution in [-0.4, -0.2) is 22.6 Å². The van der Waals surface area contributed by atoms with Crippen LogP contribution in [0.4, 0.5) is 0 Å². The number of aromatic nitrogens is 1. The maximum atomic E-state index is 12.4. The molecule has 1 fully saturated rings. The highest BCUT2D eigenvalue weighted by molar-refractivity contribution is 5.86. The molecule has 1 heterocycles. The predicted octanol–water partition coefficient (Wildman–Crippen LogP) is 2.42. The summed E-state index contributed by atoms with van der Waals surface area (Å²) in [6.07, 6.45) is 5.57. The molecular formula is C15H26ClN3O2. The number of rotatable bonds is 4. The minimum Gasteiger partial charge on any atom is -0.361 e. The van der Waals surface area contributed by atoms with Crippen LogP contribution in [0.5, 0.6) is 0 Å². The molecule has 1 aromatic rings. The normalized spacial score (nSPS) is 18.7. The lowest BCUT2D eigenvalue weighted by atomic mass is 9.81. The molecule has 21 heavy (non-hydrogen) atoms. The summed E-state index contributed by atoms with van der Waals surface area (Å²) in [4.78, 5) is 12.4. The molecule has 3 N–H and O–H groups in total. The molecule has 1 aliphatic rings. The van der Waals surface area contributed by atoms with Gasteiger partial charge in [0.15, 0.2) is 0 Å². The van der Waals surface area contributed by atoms with E-state index < -0.39 is 5.54 Å². The molecule has 1 aliphatic carbocycles. The number of aryl methyl sites for hydroxylation is 2. The summed E-state index contributed by atoms with van der Waals surface area (Å²) < 4.78 is 5.15. The number of amides is 1. The fourth-order valence-corrected chi connectivity index (χ4v) is 2.93. The standard InChI is InChI=1S/C15H25N3O2.ClH/c1-10(9-13-11(2)18-20-12(13)3)17-14(19)15(16)7-5-4-6-8-15;/h10H,4-9,16H2,1-3H3,(H,17,19);1H. The van der Waals surface area contributed by atoms with Gasteiger partial charge in [-0.3, -0.25) is 4.79 Å². The van der Waals surface area contributed by atoms with E-state index in [0.29, 0.717) is 0 Å². The first kappa shape index (κ1) is 18.0. The number of nitrogens with two attached hydrogens (primary N) is 1. The van der Waals surface area contributed by atoms with Crippen LogP contribution in [0.25, 0.3) is 0 Å². The van der Waals surface area contributed by atoms with E-state index in [0.717, 1.165) is 49.1 Å². The first-order chi connectivity index (χ1) is 9.42. The monoisotopic (exact) mass is 315 g/mol. The zero-order chi connectivity index (χ0) is 14.8. The summed E-state index contributed by atoms with van der Waals surface area (Å²) in [6, 6.07) is 0.0293. The van der Waals surface area contributed by atoms with E-state index in [-0.39, 0.29) is 24.4 Å². The van der Waals surface area contributed by atoms with Gasteiger partial charge in [-0.25, -0.2) is 0 Å². The molecule has 5 nitrogen and oxygen atoms in total. The van der Waals surface area contributed by atoms with Gasteiger partial charge in [-0.1, -0.05) is 24.4 Å². The van der Waals surface area contributed by atoms with Crippen molar-refractivity contribution in [2.45, 2.75) is 70.9 Å². The third kappa shape index (κ3) is 4.20. The van der Waals surface area contributed by atoms with Crippen LogP contribution in [0.15, 0.2) is 4.52 Å². The average molecular weight is 316 g/mol. The Morgan fingerprint density at radius 1 is 1.38 bits per heavy atom. The molecule has 2 rings (SSSR count). The highest BCUT2D eigenvalue weighted by Crippen LogP contribution is 2.26. The average Bonchev–Trinajstić information content (AvgIpc) is 2.71. The summed E-state index contributed by atoms with van der Waals surface area (Å²) in [5.74, 6) is 0.806. The Balaban J connectivity index is 0.00000220. The highest BCUT2D eigenvalue weighted by Gasteiger charge is 2.35. The van der Waals surface area contributed by atoms with E-state index >= 15 is 0 Å². The molecule has 1 unspecified atom stereocenters. The van der Waals surface area contributed by atoms with Crippen molar-refractivity contribution in [1.29, 1.82) is 0 Å². The van der Waals surface area contributed by atoms with Crippen LogP contribution >= 0.6 is 12.4 Å². The van der Waals surface area contributed by atoms with Crippen LogP contribution in [0.1, 0.15) is 56.0 Å². The number of carbonyl (C=O) groups excluding carboxylic acids is 1.